The number of aryl methyl sites for hydroxylation is 1. The van der Waals surface area contributed by atoms with Gasteiger partial charge in [0.2, 0.25) is 0 Å². The van der Waals surface area contributed by atoms with Gasteiger partial charge in [-0.15, -0.1) is 22.0 Å². The summed E-state index contributed by atoms with van der Waals surface area (Å²) in [5.74, 6) is 0.282. The molecular weight excluding hydrogens is 460 g/mol. The van der Waals surface area contributed by atoms with Crippen molar-refractivity contribution in [3.8, 4) is 28.5 Å². The molecule has 0 spiro atoms. The molecule has 170 valence electrons. The van der Waals surface area contributed by atoms with Crippen LogP contribution in [-0.2, 0) is 0 Å². The number of nitrogens with zero attached hydrogens (tertiary/aromatic N) is 7. The lowest BCUT2D eigenvalue weighted by Gasteiger charge is -2.10. The summed E-state index contributed by atoms with van der Waals surface area (Å²) in [4.78, 5) is 29.2. The molecule has 0 bridgehead atoms. The van der Waals surface area contributed by atoms with Crippen LogP contribution in [0.3, 0.4) is 0 Å². The minimum Gasteiger partial charge on any atom is -0.313 e. The molecule has 1 N–H and O–H groups in total. The lowest BCUT2D eigenvalue weighted by molar-refractivity contribution is 0.766. The Morgan fingerprint density at radius 2 is 1.54 bits per heavy atom. The fraction of sp³-hybridized carbons (Fsp3) is 0.0800. The van der Waals surface area contributed by atoms with Gasteiger partial charge in [-0.1, -0.05) is 60.7 Å². The van der Waals surface area contributed by atoms with E-state index < -0.39 is 0 Å². The molecule has 0 fully saturated rings. The van der Waals surface area contributed by atoms with Crippen molar-refractivity contribution in [3.63, 3.8) is 0 Å². The Bertz CT molecular complexity index is 1760. The zero-order valence-electron chi connectivity index (χ0n) is 18.8. The average Bonchev–Trinajstić information content (AvgIpc) is 3.28. The number of benzene rings is 2. The van der Waals surface area contributed by atoms with Gasteiger partial charge in [0.1, 0.15) is 16.4 Å². The van der Waals surface area contributed by atoms with Crippen LogP contribution < -0.4 is 5.56 Å². The first-order valence-corrected chi connectivity index (χ1v) is 12.0. The predicted molar refractivity (Wildman–Crippen MR) is 136 cm³/mol. The second-order valence-electron chi connectivity index (χ2n) is 7.81. The van der Waals surface area contributed by atoms with Gasteiger partial charge in [0.05, 0.1) is 28.3 Å². The summed E-state index contributed by atoms with van der Waals surface area (Å²) in [5.41, 5.74) is 4.55. The van der Waals surface area contributed by atoms with E-state index in [0.29, 0.717) is 44.0 Å². The van der Waals surface area contributed by atoms with Crippen LogP contribution >= 0.6 is 11.8 Å². The molecule has 6 aromatic rings. The minimum atomic E-state index is -0.238. The molecule has 2 aromatic carbocycles. The maximum Gasteiger partial charge on any atom is 0.272 e. The zero-order chi connectivity index (χ0) is 23.9. The Labute approximate surface area is 203 Å². The van der Waals surface area contributed by atoms with E-state index in [1.54, 1.807) is 11.6 Å². The second-order valence-corrected chi connectivity index (χ2v) is 8.61. The van der Waals surface area contributed by atoms with Crippen LogP contribution in [0.4, 0.5) is 0 Å². The van der Waals surface area contributed by atoms with Gasteiger partial charge < -0.3 is 4.98 Å². The molecule has 0 radical (unpaired) electrons. The van der Waals surface area contributed by atoms with Crippen LogP contribution in [0.5, 0.6) is 0 Å². The standard InChI is InChI=1S/C25H18N8OS/c1-14-17-21(26-13-27-23(17)34)18-22(28-14)33(32-24(18)35-2)25-29-19(15-9-5-3-6-10-15)20(30-31-25)16-11-7-4-8-12-16/h3-13H,1-2H3,(H,26,27,34). The van der Waals surface area contributed by atoms with Crippen LogP contribution in [0, 0.1) is 6.92 Å². The second kappa shape index (κ2) is 8.41. The van der Waals surface area contributed by atoms with Crippen LogP contribution in [-0.4, -0.2) is 46.2 Å². The summed E-state index contributed by atoms with van der Waals surface area (Å²) in [6.45, 7) is 1.78. The molecule has 0 aliphatic rings. The number of aromatic amines is 1. The van der Waals surface area contributed by atoms with Crippen molar-refractivity contribution in [2.75, 3.05) is 6.26 Å². The third kappa shape index (κ3) is 3.46. The molecule has 0 saturated carbocycles. The Morgan fingerprint density at radius 3 is 2.23 bits per heavy atom. The molecule has 0 saturated heterocycles. The summed E-state index contributed by atoms with van der Waals surface area (Å²) < 4.78 is 1.57. The molecule has 0 amide bonds. The maximum atomic E-state index is 12.5. The summed E-state index contributed by atoms with van der Waals surface area (Å²) in [6, 6.07) is 19.7. The monoisotopic (exact) mass is 478 g/mol. The normalized spacial score (nSPS) is 11.4. The van der Waals surface area contributed by atoms with Gasteiger partial charge in [-0.25, -0.2) is 15.0 Å². The van der Waals surface area contributed by atoms with E-state index in [0.717, 1.165) is 11.1 Å². The summed E-state index contributed by atoms with van der Waals surface area (Å²) in [7, 11) is 0. The highest BCUT2D eigenvalue weighted by atomic mass is 32.2. The first kappa shape index (κ1) is 21.1. The third-order valence-electron chi connectivity index (χ3n) is 5.71. The largest absolute Gasteiger partial charge is 0.313 e. The fourth-order valence-electron chi connectivity index (χ4n) is 4.12. The van der Waals surface area contributed by atoms with Crippen molar-refractivity contribution >= 4 is 33.7 Å². The summed E-state index contributed by atoms with van der Waals surface area (Å²) in [5, 5.41) is 15.5. The fourth-order valence-corrected chi connectivity index (χ4v) is 4.67. The van der Waals surface area contributed by atoms with E-state index >= 15 is 0 Å². The van der Waals surface area contributed by atoms with E-state index in [-0.39, 0.29) is 11.5 Å². The smallest absolute Gasteiger partial charge is 0.272 e. The molecule has 0 atom stereocenters. The molecule has 10 heteroatoms. The van der Waals surface area contributed by atoms with Crippen molar-refractivity contribution in [2.45, 2.75) is 11.9 Å². The predicted octanol–water partition coefficient (Wildman–Crippen LogP) is 4.21. The van der Waals surface area contributed by atoms with Crippen LogP contribution in [0.15, 0.2) is 76.8 Å². The van der Waals surface area contributed by atoms with Gasteiger partial charge in [-0.05, 0) is 13.2 Å². The van der Waals surface area contributed by atoms with E-state index in [9.17, 15) is 4.79 Å². The number of fused-ring (bicyclic) bond motifs is 3. The average molecular weight is 479 g/mol. The van der Waals surface area contributed by atoms with Crippen LogP contribution in [0.1, 0.15) is 5.69 Å². The van der Waals surface area contributed by atoms with E-state index in [2.05, 4.69) is 20.2 Å². The highest BCUT2D eigenvalue weighted by molar-refractivity contribution is 7.98. The Balaban J connectivity index is 1.65. The molecule has 4 heterocycles. The van der Waals surface area contributed by atoms with Crippen molar-refractivity contribution in [1.29, 1.82) is 0 Å². The summed E-state index contributed by atoms with van der Waals surface area (Å²) in [6.07, 6.45) is 3.31. The summed E-state index contributed by atoms with van der Waals surface area (Å²) >= 11 is 1.44. The Kier molecular flexibility index (Phi) is 5.07. The molecule has 6 rings (SSSR count). The number of hydrogen-bond donors (Lipinski definition) is 1. The lowest BCUT2D eigenvalue weighted by Crippen LogP contribution is -2.11. The molecular formula is C25H18N8OS. The van der Waals surface area contributed by atoms with Crippen molar-refractivity contribution in [3.05, 3.63) is 83.0 Å². The van der Waals surface area contributed by atoms with Gasteiger partial charge in [-0.2, -0.15) is 9.78 Å². The zero-order valence-corrected chi connectivity index (χ0v) is 19.6. The Hall–Kier alpha value is -4.44. The van der Waals surface area contributed by atoms with Gasteiger partial charge in [-0.3, -0.25) is 4.79 Å². The number of H-pyrrole nitrogens is 1. The number of thioether (sulfide) groups is 1. The van der Waals surface area contributed by atoms with Gasteiger partial charge >= 0.3 is 0 Å². The molecule has 4 aromatic heterocycles. The quantitative estimate of drug-likeness (QED) is 0.375. The minimum absolute atomic E-state index is 0.238. The SMILES string of the molecule is CSc1nn(-c2nnc(-c3ccccc3)c(-c3ccccc3)n2)c2nc(C)c3c(=O)[nH]cnc3c12. The van der Waals surface area contributed by atoms with Crippen LogP contribution in [0.25, 0.3) is 50.4 Å². The van der Waals surface area contributed by atoms with Gasteiger partial charge in [0.25, 0.3) is 11.5 Å². The highest BCUT2D eigenvalue weighted by Gasteiger charge is 2.22. The Morgan fingerprint density at radius 1 is 0.857 bits per heavy atom. The van der Waals surface area contributed by atoms with Crippen molar-refractivity contribution in [1.82, 2.24) is 39.9 Å². The van der Waals surface area contributed by atoms with Gasteiger partial charge in [0.15, 0.2) is 5.65 Å². The molecule has 0 aliphatic carbocycles. The number of nitrogens with one attached hydrogen (secondary N) is 1. The molecule has 0 aliphatic heterocycles. The molecule has 35 heavy (non-hydrogen) atoms. The van der Waals surface area contributed by atoms with Crippen molar-refractivity contribution < 1.29 is 0 Å². The van der Waals surface area contributed by atoms with E-state index in [4.69, 9.17) is 15.1 Å². The number of pyridine rings is 1. The molecule has 9 nitrogen and oxygen atoms in total. The lowest BCUT2D eigenvalue weighted by atomic mass is 10.0. The number of hydrogen-bond acceptors (Lipinski definition) is 8. The third-order valence-corrected chi connectivity index (χ3v) is 6.38. The molecule has 0 unspecified atom stereocenters. The first-order valence-electron chi connectivity index (χ1n) is 10.8. The highest BCUT2D eigenvalue weighted by Crippen LogP contribution is 2.33. The topological polar surface area (TPSA) is 115 Å². The first-order chi connectivity index (χ1) is 17.2. The van der Waals surface area contributed by atoms with E-state index in [1.807, 2.05) is 66.9 Å². The van der Waals surface area contributed by atoms with Crippen molar-refractivity contribution in [2.24, 2.45) is 0 Å². The van der Waals surface area contributed by atoms with Gasteiger partial charge in [0, 0.05) is 11.1 Å². The number of aromatic nitrogens is 8. The van der Waals surface area contributed by atoms with E-state index in [1.165, 1.54) is 18.1 Å². The van der Waals surface area contributed by atoms with Crippen LogP contribution in [0.2, 0.25) is 0 Å². The number of rotatable bonds is 4. The maximum absolute atomic E-state index is 12.5.